The lowest BCUT2D eigenvalue weighted by atomic mass is 9.88. The van der Waals surface area contributed by atoms with Gasteiger partial charge in [0.15, 0.2) is 0 Å². The molecule has 0 aromatic heterocycles. The number of aliphatic hydroxyl groups is 1. The zero-order chi connectivity index (χ0) is 30.5. The number of alkyl halides is 4. The summed E-state index contributed by atoms with van der Waals surface area (Å²) in [6.45, 7) is 0.808. The molecule has 1 aliphatic heterocycles. The molecule has 1 saturated carbocycles. The SMILES string of the molecule is CN(C(=O)c1ccc(OCCCCC2CCN(C(=O)C(O)(c3ccccc3)C(F)(F)F)CC2)cc1Cl)[C@@H]1CC[C@H](I)C1. The number of unbranched alkanes of at least 4 members (excludes halogenated alkanes) is 1. The smallest absolute Gasteiger partial charge is 0.430 e. The highest BCUT2D eigenvalue weighted by Crippen LogP contribution is 2.41. The number of hydrogen-bond donors (Lipinski definition) is 1. The number of benzene rings is 2. The number of carbonyl (C=O) groups is 2. The number of carbonyl (C=O) groups excluding carboxylic acids is 2. The highest BCUT2D eigenvalue weighted by Gasteiger charge is 2.62. The molecule has 2 aromatic rings. The van der Waals surface area contributed by atoms with Crippen LogP contribution in [0, 0.1) is 5.92 Å². The second-order valence-electron chi connectivity index (χ2n) is 11.3. The molecule has 230 valence electrons. The lowest BCUT2D eigenvalue weighted by Gasteiger charge is -2.38. The largest absolute Gasteiger partial charge is 0.494 e. The summed E-state index contributed by atoms with van der Waals surface area (Å²) in [5.41, 5.74) is -3.57. The van der Waals surface area contributed by atoms with Gasteiger partial charge >= 0.3 is 6.18 Å². The molecule has 1 heterocycles. The Morgan fingerprint density at radius 3 is 2.36 bits per heavy atom. The zero-order valence-electron chi connectivity index (χ0n) is 23.6. The van der Waals surface area contributed by atoms with Crippen molar-refractivity contribution < 1.29 is 32.6 Å². The standard InChI is InChI=1S/C31H37ClF3IN2O4/c1-37(24-11-10-23(36)19-24)28(39)26-13-12-25(20-27(26)32)42-18-6-5-7-21-14-16-38(17-15-21)29(40)30(41,31(33,34)35)22-8-3-2-4-9-22/h2-4,8-9,12-13,20-21,23-24,41H,5-7,10-11,14-19H2,1H3/t23-,24+,30?/m0/s1. The summed E-state index contributed by atoms with van der Waals surface area (Å²) in [7, 11) is 1.83. The fourth-order valence-electron chi connectivity index (χ4n) is 5.84. The molecule has 2 aromatic carbocycles. The van der Waals surface area contributed by atoms with Gasteiger partial charge in [0, 0.05) is 35.7 Å². The van der Waals surface area contributed by atoms with Crippen molar-refractivity contribution >= 4 is 46.0 Å². The Kier molecular flexibility index (Phi) is 11.1. The summed E-state index contributed by atoms with van der Waals surface area (Å²) >= 11 is 8.87. The quantitative estimate of drug-likeness (QED) is 0.163. The molecule has 0 spiro atoms. The Hall–Kier alpha value is -2.05. The van der Waals surface area contributed by atoms with Crippen LogP contribution in [-0.2, 0) is 10.4 Å². The lowest BCUT2D eigenvalue weighted by Crippen LogP contribution is -2.57. The van der Waals surface area contributed by atoms with Crippen LogP contribution in [0.2, 0.25) is 5.02 Å². The van der Waals surface area contributed by atoms with E-state index in [1.54, 1.807) is 23.1 Å². The topological polar surface area (TPSA) is 70.1 Å². The monoisotopic (exact) mass is 720 g/mol. The van der Waals surface area contributed by atoms with E-state index in [0.717, 1.165) is 55.6 Å². The third kappa shape index (κ3) is 7.53. The van der Waals surface area contributed by atoms with Crippen LogP contribution in [-0.4, -0.2) is 69.6 Å². The molecule has 2 fully saturated rings. The van der Waals surface area contributed by atoms with Gasteiger partial charge in [-0.2, -0.15) is 13.2 Å². The zero-order valence-corrected chi connectivity index (χ0v) is 26.5. The van der Waals surface area contributed by atoms with E-state index < -0.39 is 23.2 Å². The van der Waals surface area contributed by atoms with Gasteiger partial charge in [-0.1, -0.05) is 70.9 Å². The molecule has 3 atom stereocenters. The van der Waals surface area contributed by atoms with Crippen LogP contribution >= 0.6 is 34.2 Å². The van der Waals surface area contributed by atoms with Crippen LogP contribution in [0.3, 0.4) is 0 Å². The van der Waals surface area contributed by atoms with Gasteiger partial charge in [-0.15, -0.1) is 0 Å². The first-order valence-corrected chi connectivity index (χ1v) is 16.0. The van der Waals surface area contributed by atoms with E-state index in [2.05, 4.69) is 22.6 Å². The lowest BCUT2D eigenvalue weighted by molar-refractivity contribution is -0.262. The third-order valence-corrected chi connectivity index (χ3v) is 9.91. The van der Waals surface area contributed by atoms with Crippen LogP contribution < -0.4 is 4.74 Å². The Morgan fingerprint density at radius 2 is 1.76 bits per heavy atom. The molecule has 0 radical (unpaired) electrons. The molecule has 4 rings (SSSR count). The van der Waals surface area contributed by atoms with Gasteiger partial charge in [0.2, 0.25) is 0 Å². The van der Waals surface area contributed by atoms with Crippen molar-refractivity contribution in [3.05, 3.63) is 64.7 Å². The van der Waals surface area contributed by atoms with Crippen molar-refractivity contribution in [2.45, 2.75) is 73.1 Å². The van der Waals surface area contributed by atoms with Crippen molar-refractivity contribution in [3.63, 3.8) is 0 Å². The first kappa shape index (κ1) is 32.9. The Morgan fingerprint density at radius 1 is 1.07 bits per heavy atom. The summed E-state index contributed by atoms with van der Waals surface area (Å²) in [5, 5.41) is 10.9. The van der Waals surface area contributed by atoms with Gasteiger partial charge in [0.1, 0.15) is 5.75 Å². The van der Waals surface area contributed by atoms with E-state index >= 15 is 0 Å². The molecule has 2 aliphatic rings. The minimum Gasteiger partial charge on any atom is -0.494 e. The van der Waals surface area contributed by atoms with Crippen molar-refractivity contribution in [2.75, 3.05) is 26.7 Å². The molecule has 1 aliphatic carbocycles. The predicted octanol–water partition coefficient (Wildman–Crippen LogP) is 7.01. The van der Waals surface area contributed by atoms with Crippen LogP contribution in [0.15, 0.2) is 48.5 Å². The molecule has 1 N–H and O–H groups in total. The van der Waals surface area contributed by atoms with Gasteiger partial charge in [-0.3, -0.25) is 9.59 Å². The van der Waals surface area contributed by atoms with Gasteiger partial charge in [0.25, 0.3) is 17.4 Å². The molecule has 1 unspecified atom stereocenters. The molecule has 6 nitrogen and oxygen atoms in total. The van der Waals surface area contributed by atoms with Gasteiger partial charge in [-0.25, -0.2) is 0 Å². The maximum atomic E-state index is 13.9. The highest BCUT2D eigenvalue weighted by atomic mass is 127. The van der Waals surface area contributed by atoms with E-state index in [-0.39, 0.29) is 31.0 Å². The Bertz CT molecular complexity index is 1230. The average Bonchev–Trinajstić information content (AvgIpc) is 3.41. The fourth-order valence-corrected chi connectivity index (χ4v) is 7.04. The minimum absolute atomic E-state index is 0.0852. The molecule has 0 bridgehead atoms. The van der Waals surface area contributed by atoms with E-state index in [1.807, 2.05) is 7.05 Å². The molecule has 11 heteroatoms. The number of ether oxygens (including phenoxy) is 1. The minimum atomic E-state index is -5.13. The number of likely N-dealkylation sites (tertiary alicyclic amines) is 1. The van der Waals surface area contributed by atoms with Gasteiger partial charge in [0.05, 0.1) is 17.2 Å². The Labute approximate surface area is 263 Å². The second-order valence-corrected chi connectivity index (χ2v) is 13.4. The van der Waals surface area contributed by atoms with Crippen molar-refractivity contribution in [1.82, 2.24) is 9.80 Å². The first-order chi connectivity index (χ1) is 19.9. The number of halogens is 5. The van der Waals surface area contributed by atoms with E-state index in [4.69, 9.17) is 16.3 Å². The van der Waals surface area contributed by atoms with E-state index in [9.17, 15) is 27.9 Å². The summed E-state index contributed by atoms with van der Waals surface area (Å²) < 4.78 is 48.1. The number of amides is 2. The average molecular weight is 721 g/mol. The van der Waals surface area contributed by atoms with Crippen LogP contribution in [0.5, 0.6) is 5.75 Å². The summed E-state index contributed by atoms with van der Waals surface area (Å²) in [4.78, 5) is 28.8. The van der Waals surface area contributed by atoms with Gasteiger partial charge in [-0.05, 0) is 69.1 Å². The Balaban J connectivity index is 1.19. The fraction of sp³-hybridized carbons (Fsp3) is 0.548. The van der Waals surface area contributed by atoms with Crippen molar-refractivity contribution in [3.8, 4) is 5.75 Å². The molecule has 1 saturated heterocycles. The maximum Gasteiger partial charge on any atom is 0.430 e. The van der Waals surface area contributed by atoms with Crippen LogP contribution in [0.1, 0.15) is 67.3 Å². The normalized spacial score (nSPS) is 21.2. The first-order valence-electron chi connectivity index (χ1n) is 14.4. The number of piperidine rings is 1. The molecular formula is C31H37ClF3IN2O4. The van der Waals surface area contributed by atoms with Crippen LogP contribution in [0.25, 0.3) is 0 Å². The van der Waals surface area contributed by atoms with Crippen molar-refractivity contribution in [2.24, 2.45) is 5.92 Å². The highest BCUT2D eigenvalue weighted by molar-refractivity contribution is 14.1. The van der Waals surface area contributed by atoms with Crippen molar-refractivity contribution in [1.29, 1.82) is 0 Å². The summed E-state index contributed by atoms with van der Waals surface area (Å²) in [6, 6.07) is 11.9. The second kappa shape index (κ2) is 14.2. The number of rotatable bonds is 10. The van der Waals surface area contributed by atoms with Crippen LogP contribution in [0.4, 0.5) is 13.2 Å². The van der Waals surface area contributed by atoms with E-state index in [0.29, 0.717) is 39.7 Å². The summed E-state index contributed by atoms with van der Waals surface area (Å²) in [5.74, 6) is -0.532. The maximum absolute atomic E-state index is 13.9. The predicted molar refractivity (Wildman–Crippen MR) is 164 cm³/mol. The van der Waals surface area contributed by atoms with Gasteiger partial charge < -0.3 is 19.6 Å². The molecular weight excluding hydrogens is 684 g/mol. The molecule has 42 heavy (non-hydrogen) atoms. The van der Waals surface area contributed by atoms with E-state index in [1.165, 1.54) is 18.2 Å². The number of nitrogens with zero attached hydrogens (tertiary/aromatic N) is 2. The molecule has 2 amide bonds. The summed E-state index contributed by atoms with van der Waals surface area (Å²) in [6.07, 6.45) is 1.65. The number of hydrogen-bond acceptors (Lipinski definition) is 4. The third-order valence-electron chi connectivity index (χ3n) is 8.47.